The van der Waals surface area contributed by atoms with Gasteiger partial charge >= 0.3 is 5.97 Å². The molecule has 0 unspecified atom stereocenters. The van der Waals surface area contributed by atoms with Gasteiger partial charge in [0.1, 0.15) is 0 Å². The van der Waals surface area contributed by atoms with Gasteiger partial charge in [-0.05, 0) is 110 Å². The molecule has 5 rings (SSSR count). The van der Waals surface area contributed by atoms with Gasteiger partial charge in [0.15, 0.2) is 0 Å². The van der Waals surface area contributed by atoms with Crippen LogP contribution in [0.25, 0.3) is 43.1 Å². The van der Waals surface area contributed by atoms with Gasteiger partial charge in [-0.15, -0.1) is 0 Å². The first-order valence-corrected chi connectivity index (χ1v) is 16.0. The minimum atomic E-state index is -0.969. The number of carbonyl (C=O) groups is 2. The SMILES string of the molecule is CCC(CC)NC(=O)c1c(CCC(C)(C)C)cc2c3cccc4cccc(c5cc(CCC(C)(C)C)c(C(=O)O)c1c52)c43. The molecule has 4 nitrogen and oxygen atoms in total. The molecule has 0 saturated carbocycles. The molecule has 4 heteroatoms. The number of carboxylic acids is 1. The van der Waals surface area contributed by atoms with E-state index in [9.17, 15) is 14.7 Å². The summed E-state index contributed by atoms with van der Waals surface area (Å²) in [6.45, 7) is 17.4. The summed E-state index contributed by atoms with van der Waals surface area (Å²) < 4.78 is 0. The topological polar surface area (TPSA) is 66.4 Å². The first-order valence-electron chi connectivity index (χ1n) is 16.0. The van der Waals surface area contributed by atoms with Crippen LogP contribution in [0.15, 0.2) is 48.5 Å². The van der Waals surface area contributed by atoms with Crippen molar-refractivity contribution in [3.05, 3.63) is 70.8 Å². The maximum absolute atomic E-state index is 14.4. The standard InChI is InChI=1S/C39H47NO3/c1-9-26(10-2)40-36(41)32-24(17-19-38(3,4)5)21-29-27-15-11-13-23-14-12-16-28(31(23)27)30-22-25(18-20-39(6,7)8)33(37(42)43)35(32)34(29)30/h11-16,21-22,26H,9-10,17-20H2,1-8H3,(H,40,41)(H,42,43). The maximum atomic E-state index is 14.4. The van der Waals surface area contributed by atoms with Crippen LogP contribution in [0.3, 0.4) is 0 Å². The van der Waals surface area contributed by atoms with E-state index in [1.807, 2.05) is 0 Å². The van der Waals surface area contributed by atoms with Gasteiger partial charge in [-0.2, -0.15) is 0 Å². The summed E-state index contributed by atoms with van der Waals surface area (Å²) in [5, 5.41) is 22.3. The fourth-order valence-electron chi connectivity index (χ4n) is 6.63. The third kappa shape index (κ3) is 5.94. The summed E-state index contributed by atoms with van der Waals surface area (Å²) in [6, 6.07) is 17.1. The van der Waals surface area contributed by atoms with Gasteiger partial charge in [0, 0.05) is 11.4 Å². The Balaban J connectivity index is 2.01. The molecule has 0 aliphatic heterocycles. The summed E-state index contributed by atoms with van der Waals surface area (Å²) in [4.78, 5) is 27.7. The first-order chi connectivity index (χ1) is 20.2. The Morgan fingerprint density at radius 2 is 1.19 bits per heavy atom. The van der Waals surface area contributed by atoms with Gasteiger partial charge in [0.05, 0.1) is 11.1 Å². The Hall–Kier alpha value is -3.66. The number of nitrogens with one attached hydrogen (secondary N) is 1. The highest BCUT2D eigenvalue weighted by molar-refractivity contribution is 6.36. The summed E-state index contributed by atoms with van der Waals surface area (Å²) >= 11 is 0. The first kappa shape index (κ1) is 30.8. The minimum absolute atomic E-state index is 0.0249. The highest BCUT2D eigenvalue weighted by Gasteiger charge is 2.29. The predicted molar refractivity (Wildman–Crippen MR) is 182 cm³/mol. The Kier molecular flexibility index (Phi) is 8.19. The van der Waals surface area contributed by atoms with Gasteiger partial charge < -0.3 is 10.4 Å². The van der Waals surface area contributed by atoms with Crippen LogP contribution in [0, 0.1) is 10.8 Å². The number of aromatic carboxylic acids is 1. The Morgan fingerprint density at radius 3 is 1.63 bits per heavy atom. The van der Waals surface area contributed by atoms with E-state index < -0.39 is 5.97 Å². The smallest absolute Gasteiger partial charge is 0.336 e. The van der Waals surface area contributed by atoms with E-state index in [1.54, 1.807) is 0 Å². The lowest BCUT2D eigenvalue weighted by Gasteiger charge is -2.25. The molecule has 0 saturated heterocycles. The van der Waals surface area contributed by atoms with Gasteiger partial charge in [-0.1, -0.05) is 91.8 Å². The fraction of sp³-hybridized carbons (Fsp3) is 0.436. The molecule has 2 N–H and O–H groups in total. The maximum Gasteiger partial charge on any atom is 0.336 e. The molecule has 0 aromatic heterocycles. The van der Waals surface area contributed by atoms with Crippen LogP contribution in [0.1, 0.15) is 113 Å². The second-order valence-corrected chi connectivity index (χ2v) is 14.8. The number of aryl methyl sites for hydroxylation is 2. The average molecular weight is 578 g/mol. The molecule has 0 radical (unpaired) electrons. The molecule has 5 aromatic rings. The van der Waals surface area contributed by atoms with E-state index in [-0.39, 0.29) is 28.3 Å². The molecule has 1 amide bonds. The van der Waals surface area contributed by atoms with Crippen molar-refractivity contribution in [3.8, 4) is 0 Å². The molecule has 0 fully saturated rings. The monoisotopic (exact) mass is 577 g/mol. The Bertz CT molecular complexity index is 1780. The molecule has 0 atom stereocenters. The molecule has 0 aliphatic carbocycles. The second kappa shape index (κ2) is 11.4. The number of rotatable bonds is 9. The summed E-state index contributed by atoms with van der Waals surface area (Å²) in [5.41, 5.74) is 2.64. The Morgan fingerprint density at radius 1 is 0.698 bits per heavy atom. The quantitative estimate of drug-likeness (QED) is 0.135. The largest absolute Gasteiger partial charge is 0.478 e. The van der Waals surface area contributed by atoms with E-state index >= 15 is 0 Å². The number of carboxylic acid groups (broad SMARTS) is 1. The normalized spacial score (nSPS) is 12.8. The minimum Gasteiger partial charge on any atom is -0.478 e. The van der Waals surface area contributed by atoms with Crippen molar-refractivity contribution in [2.45, 2.75) is 100.0 Å². The lowest BCUT2D eigenvalue weighted by Crippen LogP contribution is -2.35. The van der Waals surface area contributed by atoms with E-state index in [2.05, 4.69) is 109 Å². The van der Waals surface area contributed by atoms with Crippen molar-refractivity contribution in [2.75, 3.05) is 0 Å². The molecule has 43 heavy (non-hydrogen) atoms. The highest BCUT2D eigenvalue weighted by Crippen LogP contribution is 2.45. The molecule has 0 spiro atoms. The predicted octanol–water partition coefficient (Wildman–Crippen LogP) is 10.3. The van der Waals surface area contributed by atoms with Crippen LogP contribution in [-0.4, -0.2) is 23.0 Å². The summed E-state index contributed by atoms with van der Waals surface area (Å²) in [7, 11) is 0. The molecule has 0 heterocycles. The van der Waals surface area contributed by atoms with Crippen molar-refractivity contribution in [3.63, 3.8) is 0 Å². The lowest BCUT2D eigenvalue weighted by molar-refractivity contribution is 0.0697. The van der Waals surface area contributed by atoms with E-state index in [0.29, 0.717) is 23.8 Å². The van der Waals surface area contributed by atoms with Gasteiger partial charge in [-0.25, -0.2) is 4.79 Å². The van der Waals surface area contributed by atoms with Crippen LogP contribution in [0.4, 0.5) is 0 Å². The molecule has 0 bridgehead atoms. The summed E-state index contributed by atoms with van der Waals surface area (Å²) in [6.07, 6.45) is 4.67. The molecule has 0 aliphatic rings. The van der Waals surface area contributed by atoms with Gasteiger partial charge in [-0.3, -0.25) is 4.79 Å². The molecule has 5 aromatic carbocycles. The second-order valence-electron chi connectivity index (χ2n) is 14.8. The third-order valence-electron chi connectivity index (χ3n) is 9.10. The number of amides is 1. The van der Waals surface area contributed by atoms with Crippen molar-refractivity contribution in [1.82, 2.24) is 5.32 Å². The van der Waals surface area contributed by atoms with Crippen LogP contribution in [0.5, 0.6) is 0 Å². The molecular weight excluding hydrogens is 530 g/mol. The average Bonchev–Trinajstić information content (AvgIpc) is 2.94. The zero-order chi connectivity index (χ0) is 31.3. The molecule has 226 valence electrons. The number of fused-ring (bicyclic) bond motifs is 2. The fourth-order valence-corrected chi connectivity index (χ4v) is 6.63. The number of hydrogen-bond donors (Lipinski definition) is 2. The van der Waals surface area contributed by atoms with Crippen LogP contribution in [-0.2, 0) is 12.8 Å². The van der Waals surface area contributed by atoms with Crippen LogP contribution < -0.4 is 5.32 Å². The number of carbonyl (C=O) groups excluding carboxylic acids is 1. The Labute approximate surface area is 256 Å². The molecular formula is C39H47NO3. The highest BCUT2D eigenvalue weighted by atomic mass is 16.4. The van der Waals surface area contributed by atoms with Crippen LogP contribution in [0.2, 0.25) is 0 Å². The van der Waals surface area contributed by atoms with Crippen molar-refractivity contribution < 1.29 is 14.7 Å². The third-order valence-corrected chi connectivity index (χ3v) is 9.10. The zero-order valence-electron chi connectivity index (χ0n) is 27.2. The van der Waals surface area contributed by atoms with Crippen LogP contribution >= 0.6 is 0 Å². The van der Waals surface area contributed by atoms with E-state index in [4.69, 9.17) is 0 Å². The number of hydrogen-bond acceptors (Lipinski definition) is 2. The van der Waals surface area contributed by atoms with E-state index in [0.717, 1.165) is 63.7 Å². The van der Waals surface area contributed by atoms with Crippen molar-refractivity contribution in [1.29, 1.82) is 0 Å². The van der Waals surface area contributed by atoms with Crippen molar-refractivity contribution >= 4 is 55.0 Å². The van der Waals surface area contributed by atoms with Gasteiger partial charge in [0.25, 0.3) is 5.91 Å². The zero-order valence-corrected chi connectivity index (χ0v) is 27.2. The lowest BCUT2D eigenvalue weighted by atomic mass is 9.79. The number of benzene rings is 5. The van der Waals surface area contributed by atoms with E-state index in [1.165, 1.54) is 10.8 Å². The summed E-state index contributed by atoms with van der Waals surface area (Å²) in [5.74, 6) is -1.13. The van der Waals surface area contributed by atoms with Crippen molar-refractivity contribution in [2.24, 2.45) is 10.8 Å². The van der Waals surface area contributed by atoms with Gasteiger partial charge in [0.2, 0.25) is 0 Å².